The molecule has 0 heterocycles. The third kappa shape index (κ3) is 3.07. The smallest absolute Gasteiger partial charge is 0.167 e. The van der Waals surface area contributed by atoms with Crippen LogP contribution in [0.2, 0.25) is 0 Å². The number of ketones is 1. The number of phenolic OH excluding ortho intramolecular Hbond substituents is 1. The van der Waals surface area contributed by atoms with Gasteiger partial charge in [0.1, 0.15) is 5.75 Å². The van der Waals surface area contributed by atoms with Crippen molar-refractivity contribution < 1.29 is 9.90 Å². The van der Waals surface area contributed by atoms with Gasteiger partial charge in [0, 0.05) is 12.0 Å². The molecule has 0 unspecified atom stereocenters. The molecule has 0 aromatic heterocycles. The van der Waals surface area contributed by atoms with E-state index in [1.807, 2.05) is 33.8 Å². The van der Waals surface area contributed by atoms with E-state index < -0.39 is 0 Å². The van der Waals surface area contributed by atoms with Gasteiger partial charge in [-0.3, -0.25) is 4.79 Å². The summed E-state index contributed by atoms with van der Waals surface area (Å²) in [7, 11) is 0. The summed E-state index contributed by atoms with van der Waals surface area (Å²) in [6.45, 7) is 8.26. The molecular weight excluding hydrogens is 214 g/mol. The molecule has 0 aliphatic rings. The Labute approximate surface area is 103 Å². The van der Waals surface area contributed by atoms with Crippen molar-refractivity contribution in [3.63, 3.8) is 0 Å². The highest BCUT2D eigenvalue weighted by atomic mass is 16.3. The molecule has 3 N–H and O–H groups in total. The molecular formula is C14H21NO2. The Balaban J connectivity index is 3.34. The van der Waals surface area contributed by atoms with Gasteiger partial charge in [0.2, 0.25) is 0 Å². The standard InChI is InChI=1S/C14H21NO2/c1-9-7-10(12(16)5-6-15)13(17)11(8-9)14(2,3)4/h7-8,17H,5-6,15H2,1-4H3. The van der Waals surface area contributed by atoms with Gasteiger partial charge < -0.3 is 10.8 Å². The number of hydrogen-bond acceptors (Lipinski definition) is 3. The molecule has 1 aromatic rings. The molecule has 1 rings (SSSR count). The number of carbonyl (C=O) groups is 1. The van der Waals surface area contributed by atoms with E-state index in [4.69, 9.17) is 5.73 Å². The molecule has 1 aromatic carbocycles. The van der Waals surface area contributed by atoms with Crippen molar-refractivity contribution in [1.29, 1.82) is 0 Å². The van der Waals surface area contributed by atoms with Crippen molar-refractivity contribution in [1.82, 2.24) is 0 Å². The lowest BCUT2D eigenvalue weighted by Gasteiger charge is -2.22. The van der Waals surface area contributed by atoms with E-state index in [1.54, 1.807) is 6.07 Å². The number of benzene rings is 1. The number of aryl methyl sites for hydroxylation is 1. The third-order valence-electron chi connectivity index (χ3n) is 2.73. The third-order valence-corrected chi connectivity index (χ3v) is 2.73. The summed E-state index contributed by atoms with van der Waals surface area (Å²) in [4.78, 5) is 11.9. The van der Waals surface area contributed by atoms with Crippen molar-refractivity contribution in [3.05, 3.63) is 28.8 Å². The molecule has 0 radical (unpaired) electrons. The molecule has 0 aliphatic heterocycles. The molecule has 94 valence electrons. The summed E-state index contributed by atoms with van der Waals surface area (Å²) in [5, 5.41) is 10.2. The van der Waals surface area contributed by atoms with Crippen LogP contribution in [-0.2, 0) is 5.41 Å². The molecule has 3 nitrogen and oxygen atoms in total. The average molecular weight is 235 g/mol. The van der Waals surface area contributed by atoms with Gasteiger partial charge in [0.05, 0.1) is 5.56 Å². The highest BCUT2D eigenvalue weighted by molar-refractivity contribution is 5.99. The molecule has 0 fully saturated rings. The molecule has 0 atom stereocenters. The maximum Gasteiger partial charge on any atom is 0.167 e. The number of aromatic hydroxyl groups is 1. The molecule has 0 aliphatic carbocycles. The Morgan fingerprint density at radius 2 is 1.94 bits per heavy atom. The SMILES string of the molecule is Cc1cc(C(=O)CCN)c(O)c(C(C)(C)C)c1. The second kappa shape index (κ2) is 4.88. The van der Waals surface area contributed by atoms with E-state index in [1.165, 1.54) is 0 Å². The Kier molecular flexibility index (Phi) is 3.94. The lowest BCUT2D eigenvalue weighted by molar-refractivity contribution is 0.0982. The van der Waals surface area contributed by atoms with Gasteiger partial charge >= 0.3 is 0 Å². The normalized spacial score (nSPS) is 11.6. The van der Waals surface area contributed by atoms with Crippen LogP contribution >= 0.6 is 0 Å². The minimum atomic E-state index is -0.187. The Hall–Kier alpha value is -1.35. The Bertz CT molecular complexity index is 431. The molecule has 0 amide bonds. The maximum absolute atomic E-state index is 11.9. The van der Waals surface area contributed by atoms with Crippen LogP contribution < -0.4 is 5.73 Å². The van der Waals surface area contributed by atoms with Gasteiger partial charge in [0.15, 0.2) is 5.78 Å². The monoisotopic (exact) mass is 235 g/mol. The summed E-state index contributed by atoms with van der Waals surface area (Å²) in [5.74, 6) is 0.000694. The maximum atomic E-state index is 11.9. The number of hydrogen-bond donors (Lipinski definition) is 2. The first-order valence-electron chi connectivity index (χ1n) is 5.84. The lowest BCUT2D eigenvalue weighted by atomic mass is 9.83. The summed E-state index contributed by atoms with van der Waals surface area (Å²) in [6.07, 6.45) is 0.264. The Morgan fingerprint density at radius 3 is 2.41 bits per heavy atom. The molecule has 17 heavy (non-hydrogen) atoms. The van der Waals surface area contributed by atoms with Crippen LogP contribution in [0.5, 0.6) is 5.75 Å². The first kappa shape index (κ1) is 13.7. The minimum Gasteiger partial charge on any atom is -0.507 e. The van der Waals surface area contributed by atoms with Crippen molar-refractivity contribution in [3.8, 4) is 5.75 Å². The van der Waals surface area contributed by atoms with Crippen LogP contribution in [0.4, 0.5) is 0 Å². The molecule has 0 spiro atoms. The zero-order valence-corrected chi connectivity index (χ0v) is 11.0. The second-order valence-corrected chi connectivity index (χ2v) is 5.42. The van der Waals surface area contributed by atoms with Gasteiger partial charge in [-0.25, -0.2) is 0 Å². The van der Waals surface area contributed by atoms with Crippen molar-refractivity contribution in [2.24, 2.45) is 5.73 Å². The summed E-state index contributed by atoms with van der Waals surface area (Å²) in [5.41, 5.74) is 7.36. The average Bonchev–Trinajstić information content (AvgIpc) is 2.19. The molecule has 0 saturated carbocycles. The summed E-state index contributed by atoms with van der Waals surface area (Å²) in [6, 6.07) is 3.65. The zero-order chi connectivity index (χ0) is 13.2. The minimum absolute atomic E-state index is 0.0980. The second-order valence-electron chi connectivity index (χ2n) is 5.42. The van der Waals surface area contributed by atoms with Crippen LogP contribution in [-0.4, -0.2) is 17.4 Å². The van der Waals surface area contributed by atoms with E-state index in [9.17, 15) is 9.90 Å². The van der Waals surface area contributed by atoms with E-state index in [0.29, 0.717) is 12.1 Å². The van der Waals surface area contributed by atoms with Crippen LogP contribution in [0, 0.1) is 6.92 Å². The van der Waals surface area contributed by atoms with Gasteiger partial charge in [-0.05, 0) is 30.5 Å². The summed E-state index contributed by atoms with van der Waals surface area (Å²) < 4.78 is 0. The molecule has 3 heteroatoms. The topological polar surface area (TPSA) is 63.3 Å². The highest BCUT2D eigenvalue weighted by Crippen LogP contribution is 2.34. The molecule has 0 saturated heterocycles. The number of rotatable bonds is 3. The van der Waals surface area contributed by atoms with Crippen molar-refractivity contribution in [2.45, 2.75) is 39.5 Å². The highest BCUT2D eigenvalue weighted by Gasteiger charge is 2.22. The predicted molar refractivity (Wildman–Crippen MR) is 69.5 cm³/mol. The Morgan fingerprint density at radius 1 is 1.35 bits per heavy atom. The largest absolute Gasteiger partial charge is 0.507 e. The van der Waals surface area contributed by atoms with Crippen LogP contribution in [0.15, 0.2) is 12.1 Å². The number of carbonyl (C=O) groups excluding carboxylic acids is 1. The van der Waals surface area contributed by atoms with Crippen molar-refractivity contribution in [2.75, 3.05) is 6.54 Å². The van der Waals surface area contributed by atoms with Crippen molar-refractivity contribution >= 4 is 5.78 Å². The van der Waals surface area contributed by atoms with E-state index >= 15 is 0 Å². The number of Topliss-reactive ketones (excluding diaryl/α,β-unsaturated/α-hetero) is 1. The first-order valence-corrected chi connectivity index (χ1v) is 5.84. The lowest BCUT2D eigenvalue weighted by Crippen LogP contribution is -2.15. The summed E-state index contributed by atoms with van der Waals surface area (Å²) >= 11 is 0. The fraction of sp³-hybridized carbons (Fsp3) is 0.500. The van der Waals surface area contributed by atoms with Crippen LogP contribution in [0.1, 0.15) is 48.7 Å². The van der Waals surface area contributed by atoms with E-state index in [2.05, 4.69) is 0 Å². The van der Waals surface area contributed by atoms with Gasteiger partial charge in [-0.2, -0.15) is 0 Å². The fourth-order valence-corrected chi connectivity index (χ4v) is 1.83. The first-order chi connectivity index (χ1) is 7.77. The number of phenols is 1. The van der Waals surface area contributed by atoms with Crippen LogP contribution in [0.3, 0.4) is 0 Å². The zero-order valence-electron chi connectivity index (χ0n) is 11.0. The molecule has 0 bridgehead atoms. The van der Waals surface area contributed by atoms with Gasteiger partial charge in [-0.15, -0.1) is 0 Å². The fourth-order valence-electron chi connectivity index (χ4n) is 1.83. The quantitative estimate of drug-likeness (QED) is 0.791. The van der Waals surface area contributed by atoms with Crippen LogP contribution in [0.25, 0.3) is 0 Å². The van der Waals surface area contributed by atoms with Gasteiger partial charge in [0.25, 0.3) is 0 Å². The predicted octanol–water partition coefficient (Wildman–Crippen LogP) is 2.53. The van der Waals surface area contributed by atoms with E-state index in [0.717, 1.165) is 11.1 Å². The van der Waals surface area contributed by atoms with Gasteiger partial charge in [-0.1, -0.05) is 26.8 Å². The number of nitrogens with two attached hydrogens (primary N) is 1. The van der Waals surface area contributed by atoms with E-state index in [-0.39, 0.29) is 23.4 Å².